The van der Waals surface area contributed by atoms with Crippen molar-refractivity contribution < 1.29 is 9.53 Å². The zero-order chi connectivity index (χ0) is 20.7. The fourth-order valence-corrected chi connectivity index (χ4v) is 5.14. The molecular weight excluding hydrogens is 378 g/mol. The highest BCUT2D eigenvalue weighted by atomic mass is 16.5. The molecule has 7 nitrogen and oxygen atoms in total. The molecule has 2 heterocycles. The third-order valence-electron chi connectivity index (χ3n) is 6.72. The summed E-state index contributed by atoms with van der Waals surface area (Å²) in [7, 11) is 0. The number of nitriles is 1. The van der Waals surface area contributed by atoms with Crippen LogP contribution in [-0.4, -0.2) is 33.7 Å². The van der Waals surface area contributed by atoms with Crippen LogP contribution in [0, 0.1) is 35.5 Å². The maximum atomic E-state index is 13.3. The summed E-state index contributed by atoms with van der Waals surface area (Å²) in [4.78, 5) is 21.5. The lowest BCUT2D eigenvalue weighted by Crippen LogP contribution is -2.36. The quantitative estimate of drug-likeness (QED) is 0.766. The molecule has 3 saturated carbocycles. The number of hydrazone groups is 1. The highest BCUT2D eigenvalue weighted by molar-refractivity contribution is 5.83. The Morgan fingerprint density at radius 1 is 1.23 bits per heavy atom. The number of rotatable bonds is 5. The Kier molecular flexibility index (Phi) is 4.50. The molecule has 1 aromatic heterocycles. The van der Waals surface area contributed by atoms with Gasteiger partial charge in [-0.05, 0) is 37.7 Å². The number of ether oxygens (including phenoxy) is 1. The predicted molar refractivity (Wildman–Crippen MR) is 109 cm³/mol. The minimum Gasteiger partial charge on any atom is -0.476 e. The zero-order valence-corrected chi connectivity index (χ0v) is 16.9. The van der Waals surface area contributed by atoms with Crippen LogP contribution < -0.4 is 4.74 Å². The summed E-state index contributed by atoms with van der Waals surface area (Å²) < 4.78 is 5.85. The Bertz CT molecular complexity index is 1020. The van der Waals surface area contributed by atoms with Gasteiger partial charge in [-0.2, -0.15) is 10.4 Å². The zero-order valence-electron chi connectivity index (χ0n) is 16.9. The van der Waals surface area contributed by atoms with Gasteiger partial charge in [0.15, 0.2) is 5.69 Å². The molecule has 3 fully saturated rings. The summed E-state index contributed by atoms with van der Waals surface area (Å²) in [6.45, 7) is 2.59. The van der Waals surface area contributed by atoms with Gasteiger partial charge in [0.2, 0.25) is 11.8 Å². The molecule has 1 amide bonds. The molecule has 0 spiro atoms. The van der Waals surface area contributed by atoms with Crippen LogP contribution in [0.4, 0.5) is 0 Å². The normalized spacial score (nSPS) is 28.8. The molecule has 2 bridgehead atoms. The monoisotopic (exact) mass is 401 g/mol. The molecule has 3 aliphatic carbocycles. The van der Waals surface area contributed by atoms with Gasteiger partial charge in [-0.15, -0.1) is 0 Å². The van der Waals surface area contributed by atoms with Crippen LogP contribution >= 0.6 is 0 Å². The maximum absolute atomic E-state index is 13.3. The second-order valence-electron chi connectivity index (χ2n) is 8.76. The van der Waals surface area contributed by atoms with E-state index in [0.717, 1.165) is 31.2 Å². The molecule has 2 aromatic rings. The van der Waals surface area contributed by atoms with Crippen molar-refractivity contribution >= 4 is 12.1 Å². The van der Waals surface area contributed by atoms with Gasteiger partial charge in [0.05, 0.1) is 25.0 Å². The first kappa shape index (κ1) is 18.7. The smallest absolute Gasteiger partial charge is 0.246 e. The van der Waals surface area contributed by atoms with Crippen LogP contribution in [0.25, 0.3) is 0 Å². The molecule has 1 aromatic carbocycles. The first-order valence-electron chi connectivity index (χ1n) is 10.3. The predicted octanol–water partition coefficient (Wildman–Crippen LogP) is 3.41. The highest BCUT2D eigenvalue weighted by Gasteiger charge is 2.59. The topological polar surface area (TPSA) is 91.5 Å². The lowest BCUT2D eigenvalue weighted by molar-refractivity contribution is -0.138. The van der Waals surface area contributed by atoms with E-state index in [1.807, 2.05) is 12.3 Å². The number of aryl methyl sites for hydroxylation is 1. The van der Waals surface area contributed by atoms with Crippen LogP contribution in [0.3, 0.4) is 0 Å². The molecule has 6 rings (SSSR count). The third kappa shape index (κ3) is 3.22. The molecule has 1 aliphatic heterocycles. The van der Waals surface area contributed by atoms with E-state index in [0.29, 0.717) is 18.4 Å². The van der Waals surface area contributed by atoms with Gasteiger partial charge in [-0.25, -0.2) is 15.0 Å². The van der Waals surface area contributed by atoms with Crippen LogP contribution in [-0.2, 0) is 4.79 Å². The molecule has 0 N–H and O–H groups in total. The fourth-order valence-electron chi connectivity index (χ4n) is 5.14. The molecule has 30 heavy (non-hydrogen) atoms. The van der Waals surface area contributed by atoms with Crippen LogP contribution in [0.5, 0.6) is 5.88 Å². The Morgan fingerprint density at radius 2 is 2.03 bits per heavy atom. The van der Waals surface area contributed by atoms with E-state index < -0.39 is 0 Å². The molecule has 4 aliphatic rings. The second kappa shape index (κ2) is 7.21. The second-order valence-corrected chi connectivity index (χ2v) is 8.76. The van der Waals surface area contributed by atoms with E-state index in [9.17, 15) is 4.79 Å². The number of amides is 1. The lowest BCUT2D eigenvalue weighted by Gasteiger charge is -2.38. The van der Waals surface area contributed by atoms with Gasteiger partial charge in [0.1, 0.15) is 6.07 Å². The molecular formula is C23H23N5O2. The summed E-state index contributed by atoms with van der Waals surface area (Å²) in [6, 6.07) is 10.3. The van der Waals surface area contributed by atoms with Gasteiger partial charge in [-0.1, -0.05) is 29.8 Å². The fraction of sp³-hybridized carbons (Fsp3) is 0.435. The largest absolute Gasteiger partial charge is 0.476 e. The SMILES string of the molecule is Cc1ccc(C2CC=NN2C(=O)C2CC3(COc4cnc(C#N)cn4)CC2C3)cc1. The number of hydrogen-bond acceptors (Lipinski definition) is 6. The van der Waals surface area contributed by atoms with Crippen LogP contribution in [0.1, 0.15) is 48.5 Å². The van der Waals surface area contributed by atoms with E-state index in [4.69, 9.17) is 10.00 Å². The number of benzene rings is 1. The molecule has 0 radical (unpaired) electrons. The maximum Gasteiger partial charge on any atom is 0.246 e. The summed E-state index contributed by atoms with van der Waals surface area (Å²) in [5.74, 6) is 0.966. The summed E-state index contributed by atoms with van der Waals surface area (Å²) >= 11 is 0. The van der Waals surface area contributed by atoms with Crippen molar-refractivity contribution in [3.63, 3.8) is 0 Å². The number of carbonyl (C=O) groups is 1. The highest BCUT2D eigenvalue weighted by Crippen LogP contribution is 2.62. The van der Waals surface area contributed by atoms with E-state index in [2.05, 4.69) is 46.3 Å². The molecule has 2 atom stereocenters. The van der Waals surface area contributed by atoms with Crippen molar-refractivity contribution in [3.8, 4) is 11.9 Å². The van der Waals surface area contributed by atoms with E-state index >= 15 is 0 Å². The van der Waals surface area contributed by atoms with Crippen molar-refractivity contribution in [2.24, 2.45) is 22.4 Å². The first-order chi connectivity index (χ1) is 14.6. The van der Waals surface area contributed by atoms with Gasteiger partial charge in [0, 0.05) is 24.0 Å². The molecule has 0 saturated heterocycles. The minimum atomic E-state index is -0.00276. The summed E-state index contributed by atoms with van der Waals surface area (Å²) in [6.07, 6.45) is 8.33. The number of nitrogens with zero attached hydrogens (tertiary/aromatic N) is 5. The Morgan fingerprint density at radius 3 is 2.73 bits per heavy atom. The standard InChI is InChI=1S/C23H23N5O2/c1-15-2-4-16(5-3-15)20-6-7-27-28(20)22(29)19-10-23(8-17(19)9-23)14-30-21-13-25-18(11-24)12-26-21/h2-5,7,12-13,17,19-20H,6,8-10,14H2,1H3. The number of aromatic nitrogens is 2. The minimum absolute atomic E-state index is 0.00276. The van der Waals surface area contributed by atoms with Gasteiger partial charge in [-0.3, -0.25) is 4.79 Å². The van der Waals surface area contributed by atoms with Crippen molar-refractivity contribution in [1.29, 1.82) is 5.26 Å². The first-order valence-corrected chi connectivity index (χ1v) is 10.3. The Balaban J connectivity index is 1.23. The van der Waals surface area contributed by atoms with E-state index in [-0.39, 0.29) is 29.0 Å². The molecule has 7 heteroatoms. The Labute approximate surface area is 175 Å². The van der Waals surface area contributed by atoms with Crippen molar-refractivity contribution in [3.05, 3.63) is 53.5 Å². The average molecular weight is 401 g/mol. The number of hydrogen-bond donors (Lipinski definition) is 0. The van der Waals surface area contributed by atoms with Crippen molar-refractivity contribution in [2.75, 3.05) is 6.61 Å². The summed E-state index contributed by atoms with van der Waals surface area (Å²) in [5, 5.41) is 14.9. The van der Waals surface area contributed by atoms with Crippen molar-refractivity contribution in [1.82, 2.24) is 15.0 Å². The van der Waals surface area contributed by atoms with E-state index in [1.165, 1.54) is 18.0 Å². The third-order valence-corrected chi connectivity index (χ3v) is 6.72. The average Bonchev–Trinajstić information content (AvgIpc) is 3.46. The van der Waals surface area contributed by atoms with Gasteiger partial charge in [0.25, 0.3) is 0 Å². The van der Waals surface area contributed by atoms with Crippen LogP contribution in [0.2, 0.25) is 0 Å². The summed E-state index contributed by atoms with van der Waals surface area (Å²) in [5.41, 5.74) is 2.64. The molecule has 2 unspecified atom stereocenters. The Hall–Kier alpha value is -3.27. The lowest BCUT2D eigenvalue weighted by atomic mass is 9.70. The van der Waals surface area contributed by atoms with Crippen molar-refractivity contribution in [2.45, 2.75) is 38.6 Å². The molecule has 152 valence electrons. The number of carbonyl (C=O) groups excluding carboxylic acids is 1. The van der Waals surface area contributed by atoms with Gasteiger partial charge >= 0.3 is 0 Å². The van der Waals surface area contributed by atoms with Crippen LogP contribution in [0.15, 0.2) is 41.8 Å². The van der Waals surface area contributed by atoms with E-state index in [1.54, 1.807) is 5.01 Å². The van der Waals surface area contributed by atoms with Gasteiger partial charge < -0.3 is 4.74 Å². The number of fused-ring (bicyclic) bond motifs is 1.